The largest absolute Gasteiger partial charge is 0.388 e. The summed E-state index contributed by atoms with van der Waals surface area (Å²) in [5, 5.41) is 5.65. The Hall–Kier alpha value is -3.85. The number of nitrogens with zero attached hydrogens (tertiary/aromatic N) is 2. The lowest BCUT2D eigenvalue weighted by Crippen LogP contribution is -2.05. The van der Waals surface area contributed by atoms with E-state index in [-0.39, 0.29) is 0 Å². The number of aromatic nitrogens is 2. The molecule has 0 amide bonds. The van der Waals surface area contributed by atoms with E-state index >= 15 is 0 Å². The first-order chi connectivity index (χ1) is 14.7. The molecule has 2 aromatic heterocycles. The lowest BCUT2D eigenvalue weighted by atomic mass is 10.0. The molecule has 0 spiro atoms. The standard InChI is InChI=1S/C27H23N3/c1-18-16-21(13-14-22(18)19(2)28-3)30-25-11-5-4-9-24(25)27-23(10-6-12-26(27)30)20-8-7-15-29-17-20/h4-17,28H,2H2,1,3H3. The minimum absolute atomic E-state index is 0.931. The third kappa shape index (κ3) is 2.79. The second-order valence-corrected chi connectivity index (χ2v) is 7.52. The van der Waals surface area contributed by atoms with Crippen molar-refractivity contribution in [1.29, 1.82) is 0 Å². The third-order valence-corrected chi connectivity index (χ3v) is 5.77. The SMILES string of the molecule is C=C(NC)c1ccc(-n2c3ccccc3c3c(-c4cccnc4)cccc32)cc1C. The summed E-state index contributed by atoms with van der Waals surface area (Å²) in [5.74, 6) is 0. The molecular formula is C27H23N3. The first-order valence-electron chi connectivity index (χ1n) is 10.1. The van der Waals surface area contributed by atoms with Crippen LogP contribution in [0.1, 0.15) is 11.1 Å². The normalized spacial score (nSPS) is 11.1. The molecule has 3 nitrogen and oxygen atoms in total. The third-order valence-electron chi connectivity index (χ3n) is 5.77. The van der Waals surface area contributed by atoms with Gasteiger partial charge in [0.25, 0.3) is 0 Å². The van der Waals surface area contributed by atoms with Crippen molar-refractivity contribution in [3.05, 3.63) is 103 Å². The van der Waals surface area contributed by atoms with Crippen molar-refractivity contribution in [3.8, 4) is 16.8 Å². The average molecular weight is 390 g/mol. The number of fused-ring (bicyclic) bond motifs is 3. The number of aryl methyl sites for hydroxylation is 1. The fraction of sp³-hybridized carbons (Fsp3) is 0.0741. The molecule has 5 aromatic rings. The Morgan fingerprint density at radius 3 is 2.53 bits per heavy atom. The molecule has 5 rings (SSSR count). The van der Waals surface area contributed by atoms with Crippen LogP contribution in [0.2, 0.25) is 0 Å². The molecule has 0 bridgehead atoms. The molecule has 30 heavy (non-hydrogen) atoms. The number of rotatable bonds is 4. The summed E-state index contributed by atoms with van der Waals surface area (Å²) in [7, 11) is 1.91. The summed E-state index contributed by atoms with van der Waals surface area (Å²) in [6.45, 7) is 6.25. The van der Waals surface area contributed by atoms with Crippen LogP contribution in [0.5, 0.6) is 0 Å². The van der Waals surface area contributed by atoms with Gasteiger partial charge in [-0.1, -0.05) is 49.0 Å². The number of nitrogens with one attached hydrogen (secondary N) is 1. The van der Waals surface area contributed by atoms with Gasteiger partial charge in [-0.2, -0.15) is 0 Å². The summed E-state index contributed by atoms with van der Waals surface area (Å²) in [5.41, 5.74) is 9.13. The molecule has 0 aliphatic heterocycles. The summed E-state index contributed by atoms with van der Waals surface area (Å²) < 4.78 is 2.35. The van der Waals surface area contributed by atoms with Crippen molar-refractivity contribution < 1.29 is 0 Å². The highest BCUT2D eigenvalue weighted by molar-refractivity contribution is 6.15. The van der Waals surface area contributed by atoms with Crippen LogP contribution < -0.4 is 5.32 Å². The van der Waals surface area contributed by atoms with Crippen LogP contribution in [0.4, 0.5) is 0 Å². The molecule has 0 fully saturated rings. The fourth-order valence-electron chi connectivity index (χ4n) is 4.32. The van der Waals surface area contributed by atoms with Gasteiger partial charge in [0.1, 0.15) is 0 Å². The zero-order chi connectivity index (χ0) is 20.7. The van der Waals surface area contributed by atoms with Gasteiger partial charge in [-0.15, -0.1) is 0 Å². The minimum Gasteiger partial charge on any atom is -0.388 e. The smallest absolute Gasteiger partial charge is 0.0547 e. The van der Waals surface area contributed by atoms with Gasteiger partial charge in [-0.3, -0.25) is 4.98 Å². The van der Waals surface area contributed by atoms with Crippen LogP contribution in [-0.2, 0) is 0 Å². The predicted molar refractivity (Wildman–Crippen MR) is 127 cm³/mol. The van der Waals surface area contributed by atoms with E-state index < -0.39 is 0 Å². The van der Waals surface area contributed by atoms with E-state index in [9.17, 15) is 0 Å². The lowest BCUT2D eigenvalue weighted by molar-refractivity contribution is 1.11. The molecule has 0 unspecified atom stereocenters. The van der Waals surface area contributed by atoms with Crippen LogP contribution >= 0.6 is 0 Å². The number of para-hydroxylation sites is 1. The van der Waals surface area contributed by atoms with Gasteiger partial charge >= 0.3 is 0 Å². The minimum atomic E-state index is 0.931. The number of hydrogen-bond acceptors (Lipinski definition) is 2. The number of hydrogen-bond donors (Lipinski definition) is 1. The highest BCUT2D eigenvalue weighted by Crippen LogP contribution is 2.38. The van der Waals surface area contributed by atoms with Crippen molar-refractivity contribution in [3.63, 3.8) is 0 Å². The van der Waals surface area contributed by atoms with Gasteiger partial charge in [0.05, 0.1) is 11.0 Å². The average Bonchev–Trinajstić information content (AvgIpc) is 3.13. The summed E-state index contributed by atoms with van der Waals surface area (Å²) in [4.78, 5) is 4.34. The van der Waals surface area contributed by atoms with Crippen molar-refractivity contribution in [2.24, 2.45) is 0 Å². The lowest BCUT2D eigenvalue weighted by Gasteiger charge is -2.13. The van der Waals surface area contributed by atoms with Crippen LogP contribution in [0.25, 0.3) is 44.3 Å². The maximum atomic E-state index is 4.34. The fourth-order valence-corrected chi connectivity index (χ4v) is 4.32. The summed E-state index contributed by atoms with van der Waals surface area (Å²) in [6.07, 6.45) is 3.75. The molecule has 3 aromatic carbocycles. The number of pyridine rings is 1. The van der Waals surface area contributed by atoms with Crippen molar-refractivity contribution in [2.45, 2.75) is 6.92 Å². The topological polar surface area (TPSA) is 29.9 Å². The Labute approximate surface area is 176 Å². The quantitative estimate of drug-likeness (QED) is 0.388. The maximum absolute atomic E-state index is 4.34. The monoisotopic (exact) mass is 389 g/mol. The summed E-state index contributed by atoms with van der Waals surface area (Å²) >= 11 is 0. The van der Waals surface area contributed by atoms with Gasteiger partial charge < -0.3 is 9.88 Å². The van der Waals surface area contributed by atoms with Gasteiger partial charge in [0.2, 0.25) is 0 Å². The molecule has 0 radical (unpaired) electrons. The number of benzene rings is 3. The molecule has 0 saturated carbocycles. The zero-order valence-corrected chi connectivity index (χ0v) is 17.2. The van der Waals surface area contributed by atoms with E-state index in [1.165, 1.54) is 32.9 Å². The molecule has 146 valence electrons. The highest BCUT2D eigenvalue weighted by Gasteiger charge is 2.16. The zero-order valence-electron chi connectivity index (χ0n) is 17.2. The second-order valence-electron chi connectivity index (χ2n) is 7.52. The Morgan fingerprint density at radius 2 is 1.77 bits per heavy atom. The second kappa shape index (κ2) is 7.20. The molecule has 0 aliphatic carbocycles. The van der Waals surface area contributed by atoms with E-state index in [0.717, 1.165) is 22.5 Å². The molecule has 0 atom stereocenters. The van der Waals surface area contributed by atoms with Crippen LogP contribution in [0, 0.1) is 6.92 Å². The first kappa shape index (κ1) is 18.2. The van der Waals surface area contributed by atoms with Gasteiger partial charge in [0.15, 0.2) is 0 Å². The van der Waals surface area contributed by atoms with Crippen LogP contribution in [-0.4, -0.2) is 16.6 Å². The highest BCUT2D eigenvalue weighted by atomic mass is 15.0. The van der Waals surface area contributed by atoms with Crippen molar-refractivity contribution >= 4 is 27.5 Å². The molecular weight excluding hydrogens is 366 g/mol. The van der Waals surface area contributed by atoms with Crippen molar-refractivity contribution in [1.82, 2.24) is 14.9 Å². The van der Waals surface area contributed by atoms with Gasteiger partial charge in [-0.25, -0.2) is 0 Å². The molecule has 1 N–H and O–H groups in total. The van der Waals surface area contributed by atoms with E-state index in [1.54, 1.807) is 0 Å². The Kier molecular flexibility index (Phi) is 4.36. The molecule has 3 heteroatoms. The van der Waals surface area contributed by atoms with Crippen LogP contribution in [0.3, 0.4) is 0 Å². The maximum Gasteiger partial charge on any atom is 0.0547 e. The predicted octanol–water partition coefficient (Wildman–Crippen LogP) is 6.34. The molecule has 0 saturated heterocycles. The van der Waals surface area contributed by atoms with Crippen LogP contribution in [0.15, 0.2) is 91.8 Å². The van der Waals surface area contributed by atoms with E-state index in [0.29, 0.717) is 0 Å². The van der Waals surface area contributed by atoms with Gasteiger partial charge in [0, 0.05) is 52.7 Å². The first-order valence-corrected chi connectivity index (χ1v) is 10.1. The van der Waals surface area contributed by atoms with Gasteiger partial charge in [-0.05, 0) is 48.4 Å². The Balaban J connectivity index is 1.83. The van der Waals surface area contributed by atoms with E-state index in [4.69, 9.17) is 0 Å². The summed E-state index contributed by atoms with van der Waals surface area (Å²) in [6, 6.07) is 25.8. The van der Waals surface area contributed by atoms with Crippen molar-refractivity contribution in [2.75, 3.05) is 7.05 Å². The van der Waals surface area contributed by atoms with E-state index in [1.807, 2.05) is 25.5 Å². The molecule has 2 heterocycles. The Morgan fingerprint density at radius 1 is 0.933 bits per heavy atom. The van der Waals surface area contributed by atoms with E-state index in [2.05, 4.69) is 95.1 Å². The molecule has 0 aliphatic rings. The Bertz CT molecular complexity index is 1390.